The average Bonchev–Trinajstić information content (AvgIpc) is 3.24. The van der Waals surface area contributed by atoms with Gasteiger partial charge in [-0.3, -0.25) is 0 Å². The molecule has 1 atom stereocenters. The number of hydrogen-bond donors (Lipinski definition) is 0. The molecule has 0 fully saturated rings. The second kappa shape index (κ2) is 8.54. The summed E-state index contributed by atoms with van der Waals surface area (Å²) < 4.78 is 4.47. The van der Waals surface area contributed by atoms with E-state index in [4.69, 9.17) is 0 Å². The number of benzene rings is 2. The Morgan fingerprint density at radius 1 is 0.852 bits per heavy atom. The maximum atomic E-state index is 2.52. The zero-order valence-electron chi connectivity index (χ0n) is 15.7. The Morgan fingerprint density at radius 2 is 1.59 bits per heavy atom. The van der Waals surface area contributed by atoms with Crippen molar-refractivity contribution in [2.75, 3.05) is 22.9 Å². The van der Waals surface area contributed by atoms with Crippen LogP contribution in [0.15, 0.2) is 83.5 Å². The second-order valence-corrected chi connectivity index (χ2v) is 11.0. The minimum absolute atomic E-state index is 0.413. The van der Waals surface area contributed by atoms with Gasteiger partial charge in [-0.05, 0) is 0 Å². The SMILES string of the molecule is CCN1/C(=C/C=C/C=C/C2[Se]c3ccccc3N2CC)[Se]c2ccccc21. The molecule has 0 saturated heterocycles. The van der Waals surface area contributed by atoms with Gasteiger partial charge < -0.3 is 0 Å². The number of fused-ring (bicyclic) bond motifs is 2. The molecular weight excluding hydrogens is 462 g/mol. The van der Waals surface area contributed by atoms with E-state index in [1.54, 1.807) is 0 Å². The van der Waals surface area contributed by atoms with Crippen LogP contribution in [0.1, 0.15) is 13.8 Å². The topological polar surface area (TPSA) is 6.48 Å². The van der Waals surface area contributed by atoms with Gasteiger partial charge in [0.15, 0.2) is 0 Å². The second-order valence-electron chi connectivity index (χ2n) is 6.35. The first-order valence-corrected chi connectivity index (χ1v) is 13.0. The van der Waals surface area contributed by atoms with Crippen molar-refractivity contribution in [2.24, 2.45) is 0 Å². The molecule has 0 aliphatic carbocycles. The molecule has 2 heterocycles. The normalized spacial score (nSPS) is 20.2. The third-order valence-electron chi connectivity index (χ3n) is 4.76. The summed E-state index contributed by atoms with van der Waals surface area (Å²) in [6, 6.07) is 17.6. The van der Waals surface area contributed by atoms with Gasteiger partial charge in [0.25, 0.3) is 0 Å². The Balaban J connectivity index is 1.42. The van der Waals surface area contributed by atoms with Crippen molar-refractivity contribution < 1.29 is 0 Å². The average molecular weight is 486 g/mol. The van der Waals surface area contributed by atoms with Crippen molar-refractivity contribution >= 4 is 50.2 Å². The van der Waals surface area contributed by atoms with Crippen LogP contribution in [0, 0.1) is 0 Å². The zero-order valence-corrected chi connectivity index (χ0v) is 19.1. The molecule has 138 valence electrons. The van der Waals surface area contributed by atoms with Gasteiger partial charge in [0.2, 0.25) is 0 Å². The third kappa shape index (κ3) is 3.81. The van der Waals surface area contributed by atoms with Crippen LogP contribution in [0.3, 0.4) is 0 Å². The molecule has 2 aliphatic heterocycles. The minimum atomic E-state index is 0.413. The monoisotopic (exact) mass is 488 g/mol. The Morgan fingerprint density at radius 3 is 2.37 bits per heavy atom. The molecule has 0 amide bonds. The van der Waals surface area contributed by atoms with Crippen molar-refractivity contribution in [1.82, 2.24) is 0 Å². The summed E-state index contributed by atoms with van der Waals surface area (Å²) in [5, 5.41) is 0. The van der Waals surface area contributed by atoms with Crippen molar-refractivity contribution in [1.29, 1.82) is 0 Å². The maximum absolute atomic E-state index is 2.52. The van der Waals surface area contributed by atoms with Crippen molar-refractivity contribution in [3.8, 4) is 0 Å². The van der Waals surface area contributed by atoms with Gasteiger partial charge in [-0.2, -0.15) is 0 Å². The van der Waals surface area contributed by atoms with Crippen LogP contribution in [-0.4, -0.2) is 47.9 Å². The molecule has 2 aliphatic rings. The molecule has 0 radical (unpaired) electrons. The van der Waals surface area contributed by atoms with Gasteiger partial charge in [0.1, 0.15) is 0 Å². The molecule has 2 aromatic carbocycles. The first-order chi connectivity index (χ1) is 13.3. The third-order valence-corrected chi connectivity index (χ3v) is 9.76. The van der Waals surface area contributed by atoms with E-state index in [1.165, 1.54) is 24.9 Å². The molecular formula is C23H24N2Se2. The number of hydrogen-bond acceptors (Lipinski definition) is 2. The van der Waals surface area contributed by atoms with E-state index in [-0.39, 0.29) is 0 Å². The van der Waals surface area contributed by atoms with Gasteiger partial charge in [-0.1, -0.05) is 0 Å². The fourth-order valence-corrected chi connectivity index (χ4v) is 8.56. The summed E-state index contributed by atoms with van der Waals surface area (Å²) in [5.74, 6) is 0. The Labute approximate surface area is 175 Å². The molecule has 0 N–H and O–H groups in total. The number of likely N-dealkylation sites (N-methyl/N-ethyl adjacent to an activating group) is 1. The van der Waals surface area contributed by atoms with E-state index >= 15 is 0 Å². The Kier molecular flexibility index (Phi) is 5.90. The Hall–Kier alpha value is -1.70. The first kappa shape index (κ1) is 18.7. The van der Waals surface area contributed by atoms with Gasteiger partial charge in [0, 0.05) is 0 Å². The van der Waals surface area contributed by atoms with Gasteiger partial charge in [-0.15, -0.1) is 0 Å². The standard InChI is InChI=1S/C23H24N2Se2/c1-3-24-18-12-8-10-14-20(18)26-22(24)16-6-5-7-17-23-25(4-2)19-13-9-11-15-21(19)27-23/h5-17,22H,3-4H2,1-2H3/b7-5+,16-6+,23-17-. The summed E-state index contributed by atoms with van der Waals surface area (Å²) in [4.78, 5) is 5.50. The number of allylic oxidation sites excluding steroid dienone is 4. The zero-order chi connectivity index (χ0) is 18.6. The van der Waals surface area contributed by atoms with E-state index in [0.29, 0.717) is 34.9 Å². The van der Waals surface area contributed by atoms with Gasteiger partial charge >= 0.3 is 175 Å². The van der Waals surface area contributed by atoms with Crippen LogP contribution in [0.25, 0.3) is 0 Å². The predicted molar refractivity (Wildman–Crippen MR) is 120 cm³/mol. The van der Waals surface area contributed by atoms with Gasteiger partial charge in [-0.25, -0.2) is 0 Å². The van der Waals surface area contributed by atoms with E-state index in [1.807, 2.05) is 0 Å². The van der Waals surface area contributed by atoms with Crippen molar-refractivity contribution in [3.63, 3.8) is 0 Å². The molecule has 0 spiro atoms. The first-order valence-electron chi connectivity index (χ1n) is 9.43. The summed E-state index contributed by atoms with van der Waals surface area (Å²) in [7, 11) is 0. The van der Waals surface area contributed by atoms with E-state index in [9.17, 15) is 0 Å². The van der Waals surface area contributed by atoms with Crippen LogP contribution in [-0.2, 0) is 0 Å². The van der Waals surface area contributed by atoms with Crippen LogP contribution < -0.4 is 18.7 Å². The van der Waals surface area contributed by atoms with Crippen LogP contribution in [0.4, 0.5) is 11.4 Å². The fraction of sp³-hybridized carbons (Fsp3) is 0.217. The molecule has 0 aromatic heterocycles. The van der Waals surface area contributed by atoms with Crippen LogP contribution in [0.2, 0.25) is 0 Å². The van der Waals surface area contributed by atoms with Crippen LogP contribution in [0.5, 0.6) is 0 Å². The molecule has 0 bridgehead atoms. The molecule has 27 heavy (non-hydrogen) atoms. The molecule has 0 saturated carbocycles. The van der Waals surface area contributed by atoms with E-state index in [2.05, 4.69) is 103 Å². The van der Waals surface area contributed by atoms with Crippen molar-refractivity contribution in [2.45, 2.75) is 18.8 Å². The Bertz CT molecular complexity index is 901. The summed E-state index contributed by atoms with van der Waals surface area (Å²) >= 11 is 0.903. The summed E-state index contributed by atoms with van der Waals surface area (Å²) in [6.45, 7) is 6.57. The molecule has 4 rings (SSSR count). The van der Waals surface area contributed by atoms with E-state index < -0.39 is 0 Å². The fourth-order valence-electron chi connectivity index (χ4n) is 3.48. The molecule has 4 heteroatoms. The van der Waals surface area contributed by atoms with Crippen LogP contribution >= 0.6 is 0 Å². The van der Waals surface area contributed by atoms with E-state index in [0.717, 1.165) is 13.1 Å². The molecule has 1 unspecified atom stereocenters. The summed E-state index contributed by atoms with van der Waals surface area (Å²) in [6.07, 6.45) is 11.3. The number of para-hydroxylation sites is 2. The molecule has 2 aromatic rings. The summed E-state index contributed by atoms with van der Waals surface area (Å²) in [5.41, 5.74) is 2.81. The number of nitrogens with zero attached hydrogens (tertiary/aromatic N) is 2. The van der Waals surface area contributed by atoms with Crippen molar-refractivity contribution in [3.05, 3.63) is 83.5 Å². The molecule has 2 nitrogen and oxygen atoms in total. The quantitative estimate of drug-likeness (QED) is 0.474. The number of rotatable bonds is 5. The predicted octanol–water partition coefficient (Wildman–Crippen LogP) is 3.01. The number of anilines is 2. The van der Waals surface area contributed by atoms with Gasteiger partial charge in [0.05, 0.1) is 0 Å².